The molecule has 3 rings (SSSR count). The molecule has 28 heavy (non-hydrogen) atoms. The number of hydrogen-bond acceptors (Lipinski definition) is 2. The van der Waals surface area contributed by atoms with E-state index in [4.69, 9.17) is 35.4 Å². The molecule has 0 saturated heterocycles. The van der Waals surface area contributed by atoms with E-state index in [1.54, 1.807) is 16.8 Å². The van der Waals surface area contributed by atoms with Crippen molar-refractivity contribution in [2.75, 3.05) is 10.6 Å². The van der Waals surface area contributed by atoms with Crippen LogP contribution in [0, 0.1) is 26.6 Å². The van der Waals surface area contributed by atoms with Crippen LogP contribution in [0.1, 0.15) is 22.5 Å². The fourth-order valence-corrected chi connectivity index (χ4v) is 3.47. The smallest absolute Gasteiger partial charge is 0.175 e. The van der Waals surface area contributed by atoms with Gasteiger partial charge in [0, 0.05) is 21.3 Å². The number of aromatic nitrogens is 2. The first kappa shape index (κ1) is 20.6. The summed E-state index contributed by atoms with van der Waals surface area (Å²) in [6.45, 7) is 5.95. The lowest BCUT2D eigenvalue weighted by atomic mass is 10.2. The van der Waals surface area contributed by atoms with Crippen LogP contribution in [0.3, 0.4) is 0 Å². The quantitative estimate of drug-likeness (QED) is 0.483. The zero-order chi connectivity index (χ0) is 20.4. The Bertz CT molecular complexity index is 1030. The zero-order valence-corrected chi connectivity index (χ0v) is 17.9. The van der Waals surface area contributed by atoms with E-state index in [0.717, 1.165) is 28.3 Å². The molecule has 2 N–H and O–H groups in total. The Hall–Kier alpha value is -2.15. The van der Waals surface area contributed by atoms with Crippen molar-refractivity contribution in [1.82, 2.24) is 9.78 Å². The molecular weight excluding hydrogens is 418 g/mol. The van der Waals surface area contributed by atoms with E-state index in [1.165, 1.54) is 6.07 Å². The number of nitrogens with zero attached hydrogens (tertiary/aromatic N) is 2. The van der Waals surface area contributed by atoms with Gasteiger partial charge in [0.15, 0.2) is 5.11 Å². The van der Waals surface area contributed by atoms with E-state index in [1.807, 2.05) is 39.0 Å². The topological polar surface area (TPSA) is 41.9 Å². The average Bonchev–Trinajstić information content (AvgIpc) is 2.89. The highest BCUT2D eigenvalue weighted by atomic mass is 35.5. The summed E-state index contributed by atoms with van der Waals surface area (Å²) in [5.41, 5.74) is 4.58. The average molecular weight is 437 g/mol. The number of anilines is 2. The molecule has 0 aliphatic rings. The van der Waals surface area contributed by atoms with Crippen LogP contribution in [-0.2, 0) is 6.54 Å². The molecule has 4 nitrogen and oxygen atoms in total. The fraction of sp³-hybridized carbons (Fsp3) is 0.200. The lowest BCUT2D eigenvalue weighted by Crippen LogP contribution is -2.20. The van der Waals surface area contributed by atoms with Crippen LogP contribution in [0.2, 0.25) is 10.0 Å². The van der Waals surface area contributed by atoms with E-state index in [0.29, 0.717) is 20.7 Å². The highest BCUT2D eigenvalue weighted by molar-refractivity contribution is 7.80. The van der Waals surface area contributed by atoms with Gasteiger partial charge in [-0.05, 0) is 62.8 Å². The van der Waals surface area contributed by atoms with Crippen molar-refractivity contribution >= 4 is 51.9 Å². The van der Waals surface area contributed by atoms with Crippen molar-refractivity contribution in [3.8, 4) is 0 Å². The minimum Gasteiger partial charge on any atom is -0.332 e. The number of nitrogens with one attached hydrogen (secondary N) is 2. The van der Waals surface area contributed by atoms with Crippen LogP contribution in [0.5, 0.6) is 0 Å². The molecule has 3 aromatic rings. The van der Waals surface area contributed by atoms with Gasteiger partial charge in [-0.3, -0.25) is 4.68 Å². The van der Waals surface area contributed by atoms with Crippen molar-refractivity contribution in [3.63, 3.8) is 0 Å². The third-order valence-electron chi connectivity index (χ3n) is 4.44. The number of rotatable bonds is 4. The van der Waals surface area contributed by atoms with Gasteiger partial charge in [0.1, 0.15) is 5.82 Å². The Morgan fingerprint density at radius 2 is 1.89 bits per heavy atom. The summed E-state index contributed by atoms with van der Waals surface area (Å²) in [5, 5.41) is 12.2. The van der Waals surface area contributed by atoms with Gasteiger partial charge in [0.05, 0.1) is 23.6 Å². The van der Waals surface area contributed by atoms with E-state index >= 15 is 0 Å². The summed E-state index contributed by atoms with van der Waals surface area (Å²) in [5.74, 6) is -0.358. The molecule has 0 amide bonds. The first-order valence-corrected chi connectivity index (χ1v) is 9.73. The van der Waals surface area contributed by atoms with Crippen molar-refractivity contribution in [2.24, 2.45) is 0 Å². The van der Waals surface area contributed by atoms with Crippen LogP contribution in [0.25, 0.3) is 0 Å². The molecular formula is C20H19Cl2FN4S. The molecule has 0 fully saturated rings. The second-order valence-corrected chi connectivity index (χ2v) is 7.69. The van der Waals surface area contributed by atoms with Crippen molar-refractivity contribution in [3.05, 3.63) is 74.8 Å². The Kier molecular flexibility index (Phi) is 6.23. The number of aryl methyl sites for hydroxylation is 2. The Morgan fingerprint density at radius 3 is 2.61 bits per heavy atom. The van der Waals surface area contributed by atoms with Crippen molar-refractivity contribution < 1.29 is 4.39 Å². The predicted molar refractivity (Wildman–Crippen MR) is 118 cm³/mol. The first-order chi connectivity index (χ1) is 13.3. The van der Waals surface area contributed by atoms with Crippen molar-refractivity contribution in [2.45, 2.75) is 27.3 Å². The Balaban J connectivity index is 1.80. The van der Waals surface area contributed by atoms with Crippen molar-refractivity contribution in [1.29, 1.82) is 0 Å². The molecule has 1 aromatic heterocycles. The van der Waals surface area contributed by atoms with Gasteiger partial charge < -0.3 is 10.6 Å². The normalized spacial score (nSPS) is 10.8. The number of thiocarbonyl (C=S) groups is 1. The lowest BCUT2D eigenvalue weighted by molar-refractivity contribution is 0.579. The van der Waals surface area contributed by atoms with E-state index in [2.05, 4.69) is 15.7 Å². The second kappa shape index (κ2) is 8.47. The van der Waals surface area contributed by atoms with Gasteiger partial charge in [-0.15, -0.1) is 0 Å². The van der Waals surface area contributed by atoms with Crippen LogP contribution in [0.15, 0.2) is 36.4 Å². The highest BCUT2D eigenvalue weighted by Crippen LogP contribution is 2.25. The lowest BCUT2D eigenvalue weighted by Gasteiger charge is -2.13. The molecule has 1 heterocycles. The van der Waals surface area contributed by atoms with Crippen LogP contribution >= 0.6 is 35.4 Å². The summed E-state index contributed by atoms with van der Waals surface area (Å²) >= 11 is 17.6. The highest BCUT2D eigenvalue weighted by Gasteiger charge is 2.16. The third-order valence-corrected chi connectivity index (χ3v) is 5.23. The largest absolute Gasteiger partial charge is 0.332 e. The molecule has 2 aromatic carbocycles. The maximum Gasteiger partial charge on any atom is 0.175 e. The standard InChI is InChI=1S/C20H19Cl2FN4S/c1-11-7-8-14(21)9-18(11)24-20(28)25-19-12(2)26-27(13(19)3)10-15-16(22)5-4-6-17(15)23/h4-9H,10H2,1-3H3,(H2,24,25,28). The minimum atomic E-state index is -0.358. The molecule has 0 aliphatic heterocycles. The van der Waals surface area contributed by atoms with Crippen LogP contribution < -0.4 is 10.6 Å². The van der Waals surface area contributed by atoms with Crippen LogP contribution in [0.4, 0.5) is 15.8 Å². The molecule has 146 valence electrons. The zero-order valence-electron chi connectivity index (χ0n) is 15.6. The molecule has 0 spiro atoms. The van der Waals surface area contributed by atoms with Gasteiger partial charge in [-0.25, -0.2) is 4.39 Å². The number of halogens is 3. The SMILES string of the molecule is Cc1ccc(Cl)cc1NC(=S)Nc1c(C)nn(Cc2c(F)cccc2Cl)c1C. The minimum absolute atomic E-state index is 0.230. The number of hydrogen-bond donors (Lipinski definition) is 2. The summed E-state index contributed by atoms with van der Waals surface area (Å²) in [4.78, 5) is 0. The first-order valence-electron chi connectivity index (χ1n) is 8.57. The van der Waals surface area contributed by atoms with E-state index in [9.17, 15) is 4.39 Å². The Labute approximate surface area is 178 Å². The van der Waals surface area contributed by atoms with Gasteiger partial charge in [0.25, 0.3) is 0 Å². The summed E-state index contributed by atoms with van der Waals surface area (Å²) in [7, 11) is 0. The molecule has 0 saturated carbocycles. The molecule has 0 aliphatic carbocycles. The molecule has 0 unspecified atom stereocenters. The predicted octanol–water partition coefficient (Wildman–Crippen LogP) is 6.11. The number of benzene rings is 2. The molecule has 0 bridgehead atoms. The summed E-state index contributed by atoms with van der Waals surface area (Å²) in [6, 6.07) is 10.2. The van der Waals surface area contributed by atoms with Gasteiger partial charge in [-0.2, -0.15) is 5.10 Å². The Morgan fingerprint density at radius 1 is 1.14 bits per heavy atom. The van der Waals surface area contributed by atoms with Gasteiger partial charge >= 0.3 is 0 Å². The summed E-state index contributed by atoms with van der Waals surface area (Å²) < 4.78 is 15.8. The maximum absolute atomic E-state index is 14.1. The van der Waals surface area contributed by atoms with E-state index < -0.39 is 0 Å². The monoisotopic (exact) mass is 436 g/mol. The van der Waals surface area contributed by atoms with Crippen LogP contribution in [-0.4, -0.2) is 14.9 Å². The fourth-order valence-electron chi connectivity index (χ4n) is 2.86. The molecule has 0 radical (unpaired) electrons. The maximum atomic E-state index is 14.1. The van der Waals surface area contributed by atoms with E-state index in [-0.39, 0.29) is 12.4 Å². The third kappa shape index (κ3) is 4.46. The molecule has 0 atom stereocenters. The molecule has 8 heteroatoms. The van der Waals surface area contributed by atoms with Gasteiger partial charge in [0.2, 0.25) is 0 Å². The van der Waals surface area contributed by atoms with Gasteiger partial charge in [-0.1, -0.05) is 35.3 Å². The summed E-state index contributed by atoms with van der Waals surface area (Å²) in [6.07, 6.45) is 0. The second-order valence-electron chi connectivity index (χ2n) is 6.44.